The van der Waals surface area contributed by atoms with E-state index in [2.05, 4.69) is 10.3 Å². The van der Waals surface area contributed by atoms with Crippen LogP contribution in [0, 0.1) is 0 Å². The molecule has 1 atom stereocenters. The average Bonchev–Trinajstić information content (AvgIpc) is 2.55. The summed E-state index contributed by atoms with van der Waals surface area (Å²) in [5.74, 6) is -1.21. The molecule has 2 rings (SSSR count). The van der Waals surface area contributed by atoms with Crippen molar-refractivity contribution in [1.82, 2.24) is 10.3 Å². The van der Waals surface area contributed by atoms with Gasteiger partial charge in [-0.05, 0) is 17.2 Å². The van der Waals surface area contributed by atoms with Crippen LogP contribution in [0.1, 0.15) is 11.1 Å². The minimum absolute atomic E-state index is 0.0429. The molecule has 0 aliphatic heterocycles. The van der Waals surface area contributed by atoms with Gasteiger partial charge in [-0.15, -0.1) is 0 Å². The van der Waals surface area contributed by atoms with Crippen LogP contribution >= 0.6 is 23.2 Å². The number of aromatic nitrogens is 1. The quantitative estimate of drug-likeness (QED) is 0.763. The van der Waals surface area contributed by atoms with E-state index in [1.54, 1.807) is 18.2 Å². The summed E-state index contributed by atoms with van der Waals surface area (Å²) in [4.78, 5) is 27.0. The molecule has 0 radical (unpaired) electrons. The standard InChI is InChI=1S/C16H14Cl2N2O4/c17-13-7-6-11(14(18)20-13)8-12(15(21)22)19-16(23)24-9-10-4-2-1-3-5-10/h1-7,12H,8-9H2,(H,19,23)(H,21,22). The minimum atomic E-state index is -1.21. The number of carboxylic acids is 1. The normalized spacial score (nSPS) is 11.6. The molecular formula is C16H14Cl2N2O4. The number of nitrogens with one attached hydrogen (secondary N) is 1. The monoisotopic (exact) mass is 368 g/mol. The molecule has 0 spiro atoms. The van der Waals surface area contributed by atoms with Crippen molar-refractivity contribution in [2.24, 2.45) is 0 Å². The van der Waals surface area contributed by atoms with Crippen molar-refractivity contribution < 1.29 is 19.4 Å². The summed E-state index contributed by atoms with van der Waals surface area (Å²) >= 11 is 11.6. The third kappa shape index (κ3) is 5.40. The van der Waals surface area contributed by atoms with Crippen LogP contribution in [0.2, 0.25) is 10.3 Å². The van der Waals surface area contributed by atoms with E-state index >= 15 is 0 Å². The Bertz CT molecular complexity index is 725. The number of hydrogen-bond acceptors (Lipinski definition) is 4. The van der Waals surface area contributed by atoms with Crippen molar-refractivity contribution in [3.63, 3.8) is 0 Å². The van der Waals surface area contributed by atoms with Crippen molar-refractivity contribution in [2.45, 2.75) is 19.1 Å². The lowest BCUT2D eigenvalue weighted by molar-refractivity contribution is -0.139. The molecule has 2 N–H and O–H groups in total. The van der Waals surface area contributed by atoms with Crippen LogP contribution in [0.4, 0.5) is 4.79 Å². The van der Waals surface area contributed by atoms with E-state index in [-0.39, 0.29) is 23.3 Å². The van der Waals surface area contributed by atoms with Crippen molar-refractivity contribution in [3.8, 4) is 0 Å². The van der Waals surface area contributed by atoms with Gasteiger partial charge in [0.1, 0.15) is 23.0 Å². The van der Waals surface area contributed by atoms with Crippen molar-refractivity contribution in [3.05, 3.63) is 63.9 Å². The topological polar surface area (TPSA) is 88.5 Å². The van der Waals surface area contributed by atoms with Crippen LogP contribution in [0.3, 0.4) is 0 Å². The molecule has 1 aromatic heterocycles. The van der Waals surface area contributed by atoms with Gasteiger partial charge in [0, 0.05) is 6.42 Å². The number of carbonyl (C=O) groups excluding carboxylic acids is 1. The smallest absolute Gasteiger partial charge is 0.408 e. The lowest BCUT2D eigenvalue weighted by Gasteiger charge is -2.15. The van der Waals surface area contributed by atoms with Crippen LogP contribution < -0.4 is 5.32 Å². The van der Waals surface area contributed by atoms with E-state index < -0.39 is 18.1 Å². The number of alkyl carbamates (subject to hydrolysis) is 1. The van der Waals surface area contributed by atoms with Gasteiger partial charge in [0.25, 0.3) is 0 Å². The van der Waals surface area contributed by atoms with E-state index in [1.807, 2.05) is 18.2 Å². The lowest BCUT2D eigenvalue weighted by Crippen LogP contribution is -2.42. The predicted octanol–water partition coefficient (Wildman–Crippen LogP) is 3.31. The fraction of sp³-hybridized carbons (Fsp3) is 0.188. The SMILES string of the molecule is O=C(NC(Cc1ccc(Cl)nc1Cl)C(=O)O)OCc1ccccc1. The van der Waals surface area contributed by atoms with E-state index in [0.29, 0.717) is 5.56 Å². The number of benzene rings is 1. The van der Waals surface area contributed by atoms with Gasteiger partial charge in [-0.1, -0.05) is 59.6 Å². The Morgan fingerprint density at radius 3 is 2.50 bits per heavy atom. The molecule has 0 bridgehead atoms. The number of halogens is 2. The molecule has 24 heavy (non-hydrogen) atoms. The number of ether oxygens (including phenoxy) is 1. The highest BCUT2D eigenvalue weighted by molar-refractivity contribution is 6.32. The third-order valence-electron chi connectivity index (χ3n) is 3.12. The molecule has 0 fully saturated rings. The van der Waals surface area contributed by atoms with Gasteiger partial charge >= 0.3 is 12.1 Å². The summed E-state index contributed by atoms with van der Waals surface area (Å²) in [7, 11) is 0. The van der Waals surface area contributed by atoms with E-state index in [4.69, 9.17) is 27.9 Å². The number of carbonyl (C=O) groups is 2. The summed E-state index contributed by atoms with van der Waals surface area (Å²) in [6.07, 6.45) is -0.872. The maximum absolute atomic E-state index is 11.8. The van der Waals surface area contributed by atoms with Gasteiger partial charge in [0.15, 0.2) is 0 Å². The highest BCUT2D eigenvalue weighted by atomic mass is 35.5. The number of aliphatic carboxylic acids is 1. The van der Waals surface area contributed by atoms with Gasteiger partial charge in [-0.25, -0.2) is 14.6 Å². The fourth-order valence-electron chi connectivity index (χ4n) is 1.92. The molecule has 6 nitrogen and oxygen atoms in total. The van der Waals surface area contributed by atoms with E-state index in [0.717, 1.165) is 5.56 Å². The molecule has 8 heteroatoms. The van der Waals surface area contributed by atoms with Crippen LogP contribution in [-0.4, -0.2) is 28.2 Å². The first-order valence-electron chi connectivity index (χ1n) is 6.96. The van der Waals surface area contributed by atoms with Gasteiger partial charge in [0.05, 0.1) is 0 Å². The molecule has 0 saturated carbocycles. The molecular weight excluding hydrogens is 355 g/mol. The first kappa shape index (κ1) is 18.0. The minimum Gasteiger partial charge on any atom is -0.480 e. The molecule has 0 saturated heterocycles. The zero-order chi connectivity index (χ0) is 17.5. The molecule has 0 aliphatic carbocycles. The molecule has 2 aromatic rings. The summed E-state index contributed by atoms with van der Waals surface area (Å²) < 4.78 is 5.01. The Morgan fingerprint density at radius 2 is 1.88 bits per heavy atom. The molecule has 1 heterocycles. The zero-order valence-corrected chi connectivity index (χ0v) is 13.9. The molecule has 1 amide bonds. The van der Waals surface area contributed by atoms with Crippen LogP contribution in [0.5, 0.6) is 0 Å². The van der Waals surface area contributed by atoms with Crippen LogP contribution in [-0.2, 0) is 22.6 Å². The number of pyridine rings is 1. The largest absolute Gasteiger partial charge is 0.480 e. The maximum Gasteiger partial charge on any atom is 0.408 e. The lowest BCUT2D eigenvalue weighted by atomic mass is 10.1. The van der Waals surface area contributed by atoms with Gasteiger partial charge < -0.3 is 15.2 Å². The summed E-state index contributed by atoms with van der Waals surface area (Å²) in [6, 6.07) is 10.9. The first-order chi connectivity index (χ1) is 11.5. The second-order valence-corrected chi connectivity index (χ2v) is 5.63. The second-order valence-electron chi connectivity index (χ2n) is 4.88. The summed E-state index contributed by atoms with van der Waals surface area (Å²) in [5.41, 5.74) is 1.25. The molecule has 1 aromatic carbocycles. The molecule has 126 valence electrons. The first-order valence-corrected chi connectivity index (χ1v) is 7.72. The maximum atomic E-state index is 11.8. The summed E-state index contributed by atoms with van der Waals surface area (Å²) in [6.45, 7) is 0.0439. The second kappa shape index (κ2) is 8.52. The number of rotatable bonds is 6. The average molecular weight is 369 g/mol. The van der Waals surface area contributed by atoms with Crippen LogP contribution in [0.15, 0.2) is 42.5 Å². The molecule has 1 unspecified atom stereocenters. The number of carboxylic acid groups (broad SMARTS) is 1. The highest BCUT2D eigenvalue weighted by Crippen LogP contribution is 2.18. The van der Waals surface area contributed by atoms with Gasteiger partial charge in [-0.3, -0.25) is 0 Å². The number of hydrogen-bond donors (Lipinski definition) is 2. The van der Waals surface area contributed by atoms with E-state index in [1.165, 1.54) is 6.07 Å². The van der Waals surface area contributed by atoms with Crippen molar-refractivity contribution >= 4 is 35.3 Å². The Kier molecular flexibility index (Phi) is 6.40. The highest BCUT2D eigenvalue weighted by Gasteiger charge is 2.22. The Labute approximate surface area is 148 Å². The van der Waals surface area contributed by atoms with E-state index in [9.17, 15) is 14.7 Å². The van der Waals surface area contributed by atoms with Crippen molar-refractivity contribution in [2.75, 3.05) is 0 Å². The van der Waals surface area contributed by atoms with Gasteiger partial charge in [-0.2, -0.15) is 0 Å². The fourth-order valence-corrected chi connectivity index (χ4v) is 2.34. The number of nitrogens with zero attached hydrogens (tertiary/aromatic N) is 1. The third-order valence-corrected chi connectivity index (χ3v) is 3.66. The zero-order valence-electron chi connectivity index (χ0n) is 12.4. The Morgan fingerprint density at radius 1 is 1.17 bits per heavy atom. The Balaban J connectivity index is 1.95. The Hall–Kier alpha value is -2.31. The predicted molar refractivity (Wildman–Crippen MR) is 89.1 cm³/mol. The molecule has 0 aliphatic rings. The van der Waals surface area contributed by atoms with Crippen LogP contribution in [0.25, 0.3) is 0 Å². The van der Waals surface area contributed by atoms with Crippen molar-refractivity contribution in [1.29, 1.82) is 0 Å². The number of amides is 1. The summed E-state index contributed by atoms with van der Waals surface area (Å²) in [5, 5.41) is 11.8. The van der Waals surface area contributed by atoms with Gasteiger partial charge in [0.2, 0.25) is 0 Å².